The Hall–Kier alpha value is -0.910. The lowest BCUT2D eigenvalue weighted by molar-refractivity contribution is -0.384. The summed E-state index contributed by atoms with van der Waals surface area (Å²) < 4.78 is 12.2. The van der Waals surface area contributed by atoms with Crippen LogP contribution < -0.4 is 5.73 Å². The molecule has 0 aliphatic carbocycles. The Labute approximate surface area is 96.8 Å². The number of rotatable bonds is 3. The number of hydrogen-bond donors (Lipinski definition) is 1. The van der Waals surface area contributed by atoms with Crippen LogP contribution in [0.15, 0.2) is 18.2 Å². The van der Waals surface area contributed by atoms with Gasteiger partial charge in [0, 0.05) is 6.07 Å². The fourth-order valence-corrected chi connectivity index (χ4v) is 1.18. The van der Waals surface area contributed by atoms with Crippen molar-refractivity contribution >= 4 is 29.7 Å². The Morgan fingerprint density at radius 3 is 2.67 bits per heavy atom. The summed E-state index contributed by atoms with van der Waals surface area (Å²) in [6, 6.07) is 3.16. The van der Waals surface area contributed by atoms with Crippen molar-refractivity contribution in [1.29, 1.82) is 0 Å². The predicted octanol–water partition coefficient (Wildman–Crippen LogP) is 2.64. The molecule has 0 bridgehead atoms. The monoisotopic (exact) mass is 254 g/mol. The highest BCUT2D eigenvalue weighted by molar-refractivity contribution is 6.32. The summed E-state index contributed by atoms with van der Waals surface area (Å²) in [7, 11) is 0. The van der Waals surface area contributed by atoms with E-state index in [4.69, 9.17) is 17.3 Å². The molecule has 0 aromatic heterocycles. The van der Waals surface area contributed by atoms with Gasteiger partial charge in [-0.15, -0.1) is 12.4 Å². The van der Waals surface area contributed by atoms with Gasteiger partial charge >= 0.3 is 0 Å². The first-order chi connectivity index (χ1) is 6.56. The number of nitrogens with two attached hydrogens (primary N) is 1. The maximum absolute atomic E-state index is 12.2. The van der Waals surface area contributed by atoms with Crippen molar-refractivity contribution in [3.8, 4) is 0 Å². The van der Waals surface area contributed by atoms with Crippen LogP contribution in [0.25, 0.3) is 0 Å². The topological polar surface area (TPSA) is 69.2 Å². The van der Waals surface area contributed by atoms with Gasteiger partial charge in [0.25, 0.3) is 5.69 Å². The molecule has 7 heteroatoms. The van der Waals surface area contributed by atoms with Gasteiger partial charge in [-0.2, -0.15) is 0 Å². The minimum absolute atomic E-state index is 0. The van der Waals surface area contributed by atoms with Crippen LogP contribution in [-0.4, -0.2) is 11.6 Å². The summed E-state index contributed by atoms with van der Waals surface area (Å²) in [5, 5.41) is 10.5. The Morgan fingerprint density at radius 1 is 1.60 bits per heavy atom. The number of alkyl halides is 1. The van der Waals surface area contributed by atoms with Crippen molar-refractivity contribution in [2.45, 2.75) is 6.04 Å². The van der Waals surface area contributed by atoms with E-state index in [1.54, 1.807) is 0 Å². The van der Waals surface area contributed by atoms with Gasteiger partial charge in [-0.05, 0) is 11.6 Å². The van der Waals surface area contributed by atoms with E-state index in [1.807, 2.05) is 0 Å². The fraction of sp³-hybridized carbons (Fsp3) is 0.250. The minimum atomic E-state index is -0.842. The average molecular weight is 255 g/mol. The molecule has 0 heterocycles. The molecule has 2 N–H and O–H groups in total. The molecule has 0 aliphatic heterocycles. The van der Waals surface area contributed by atoms with Crippen LogP contribution in [0, 0.1) is 10.1 Å². The second kappa shape index (κ2) is 5.85. The molecule has 0 saturated carbocycles. The van der Waals surface area contributed by atoms with Gasteiger partial charge in [0.1, 0.15) is 11.7 Å². The molecule has 1 rings (SSSR count). The predicted molar refractivity (Wildman–Crippen MR) is 58.3 cm³/mol. The van der Waals surface area contributed by atoms with Gasteiger partial charge in [-0.3, -0.25) is 10.1 Å². The fourth-order valence-electron chi connectivity index (χ4n) is 0.989. The largest absolute Gasteiger partial charge is 0.322 e. The molecule has 0 spiro atoms. The highest BCUT2D eigenvalue weighted by atomic mass is 35.5. The molecular weight excluding hydrogens is 246 g/mol. The molecule has 1 aromatic rings. The van der Waals surface area contributed by atoms with Crippen LogP contribution in [0.2, 0.25) is 5.02 Å². The van der Waals surface area contributed by atoms with Crippen LogP contribution in [-0.2, 0) is 0 Å². The molecule has 0 radical (unpaired) electrons. The van der Waals surface area contributed by atoms with E-state index in [-0.39, 0.29) is 23.1 Å². The van der Waals surface area contributed by atoms with Crippen LogP contribution in [0.1, 0.15) is 11.6 Å². The van der Waals surface area contributed by atoms with Crippen molar-refractivity contribution in [3.05, 3.63) is 38.9 Å². The van der Waals surface area contributed by atoms with Crippen LogP contribution in [0.4, 0.5) is 10.1 Å². The van der Waals surface area contributed by atoms with Crippen LogP contribution in [0.5, 0.6) is 0 Å². The number of nitro benzene ring substituents is 1. The van der Waals surface area contributed by atoms with Gasteiger partial charge in [-0.1, -0.05) is 17.7 Å². The molecule has 0 unspecified atom stereocenters. The summed E-state index contributed by atoms with van der Waals surface area (Å²) in [5.74, 6) is 0. The van der Waals surface area contributed by atoms with Crippen molar-refractivity contribution in [2.24, 2.45) is 5.73 Å². The van der Waals surface area contributed by atoms with Crippen molar-refractivity contribution < 1.29 is 9.31 Å². The molecule has 0 aliphatic rings. The third-order valence-electron chi connectivity index (χ3n) is 1.76. The van der Waals surface area contributed by atoms with Gasteiger partial charge in [-0.25, -0.2) is 4.39 Å². The molecular formula is C8H9Cl2FN2O2. The molecule has 1 aromatic carbocycles. The SMILES string of the molecule is Cl.N[C@@H](CF)c1ccc(Cl)c([N+](=O)[O-])c1. The first kappa shape index (κ1) is 14.1. The third-order valence-corrected chi connectivity index (χ3v) is 2.08. The first-order valence-corrected chi connectivity index (χ1v) is 4.19. The highest BCUT2D eigenvalue weighted by Gasteiger charge is 2.15. The van der Waals surface area contributed by atoms with Gasteiger partial charge < -0.3 is 5.73 Å². The van der Waals surface area contributed by atoms with Crippen LogP contribution >= 0.6 is 24.0 Å². The van der Waals surface area contributed by atoms with E-state index in [1.165, 1.54) is 18.2 Å². The number of hydrogen-bond acceptors (Lipinski definition) is 3. The summed E-state index contributed by atoms with van der Waals surface area (Å²) in [4.78, 5) is 9.84. The zero-order valence-electron chi connectivity index (χ0n) is 7.52. The Kier molecular flexibility index (Phi) is 5.49. The lowest BCUT2D eigenvalue weighted by Gasteiger charge is -2.06. The van der Waals surface area contributed by atoms with E-state index < -0.39 is 17.6 Å². The maximum Gasteiger partial charge on any atom is 0.288 e. The normalized spacial score (nSPS) is 11.7. The molecule has 4 nitrogen and oxygen atoms in total. The number of nitrogens with zero attached hydrogens (tertiary/aromatic N) is 1. The van der Waals surface area contributed by atoms with E-state index in [2.05, 4.69) is 0 Å². The summed E-state index contributed by atoms with van der Waals surface area (Å²) in [6.07, 6.45) is 0. The second-order valence-corrected chi connectivity index (χ2v) is 3.14. The lowest BCUT2D eigenvalue weighted by Crippen LogP contribution is -2.12. The molecule has 0 saturated heterocycles. The Bertz CT molecular complexity index is 362. The number of nitro groups is 1. The third kappa shape index (κ3) is 3.30. The zero-order chi connectivity index (χ0) is 10.7. The van der Waals surface area contributed by atoms with E-state index in [0.717, 1.165) is 0 Å². The summed E-state index contributed by atoms with van der Waals surface area (Å²) in [5.41, 5.74) is 5.48. The standard InChI is InChI=1S/C8H8ClFN2O2.ClH/c9-6-2-1-5(7(11)4-10)3-8(6)12(13)14;/h1-3,7H,4,11H2;1H/t7-;/m0./s1. The second-order valence-electron chi connectivity index (χ2n) is 2.73. The zero-order valence-corrected chi connectivity index (χ0v) is 9.09. The molecule has 1 atom stereocenters. The van der Waals surface area contributed by atoms with Crippen LogP contribution in [0.3, 0.4) is 0 Å². The van der Waals surface area contributed by atoms with Gasteiger partial charge in [0.15, 0.2) is 0 Å². The molecule has 15 heavy (non-hydrogen) atoms. The Morgan fingerprint density at radius 2 is 2.20 bits per heavy atom. The average Bonchev–Trinajstić information content (AvgIpc) is 2.17. The number of benzene rings is 1. The van der Waals surface area contributed by atoms with E-state index >= 15 is 0 Å². The van der Waals surface area contributed by atoms with Gasteiger partial charge in [0.05, 0.1) is 11.0 Å². The highest BCUT2D eigenvalue weighted by Crippen LogP contribution is 2.27. The molecule has 0 amide bonds. The first-order valence-electron chi connectivity index (χ1n) is 3.81. The van der Waals surface area contributed by atoms with E-state index in [9.17, 15) is 14.5 Å². The quantitative estimate of drug-likeness (QED) is 0.666. The molecule has 0 fully saturated rings. The van der Waals surface area contributed by atoms with Crippen molar-refractivity contribution in [2.75, 3.05) is 6.67 Å². The van der Waals surface area contributed by atoms with Crippen molar-refractivity contribution in [1.82, 2.24) is 0 Å². The van der Waals surface area contributed by atoms with E-state index in [0.29, 0.717) is 5.56 Å². The Balaban J connectivity index is 0.00000196. The lowest BCUT2D eigenvalue weighted by atomic mass is 10.1. The summed E-state index contributed by atoms with van der Waals surface area (Å²) in [6.45, 7) is -0.765. The summed E-state index contributed by atoms with van der Waals surface area (Å²) >= 11 is 5.56. The smallest absolute Gasteiger partial charge is 0.288 e. The molecule has 84 valence electrons. The maximum atomic E-state index is 12.2. The number of halogens is 3. The van der Waals surface area contributed by atoms with Gasteiger partial charge in [0.2, 0.25) is 0 Å². The minimum Gasteiger partial charge on any atom is -0.322 e. The van der Waals surface area contributed by atoms with Crippen molar-refractivity contribution in [3.63, 3.8) is 0 Å².